The second-order valence-electron chi connectivity index (χ2n) is 5.27. The molecule has 0 unspecified atom stereocenters. The predicted octanol–water partition coefficient (Wildman–Crippen LogP) is 1.70. The van der Waals surface area contributed by atoms with Gasteiger partial charge in [0.05, 0.1) is 12.0 Å². The summed E-state index contributed by atoms with van der Waals surface area (Å²) in [5.41, 5.74) is 1.01. The molecular formula is C14H21NO5S. The molecule has 1 rings (SSSR count). The minimum absolute atomic E-state index is 0.0928. The Morgan fingerprint density at radius 2 is 1.71 bits per heavy atom. The second-order valence-corrected chi connectivity index (χ2v) is 6.92. The molecule has 118 valence electrons. The van der Waals surface area contributed by atoms with Crippen LogP contribution in [0, 0.1) is 19.8 Å². The van der Waals surface area contributed by atoms with E-state index in [0.29, 0.717) is 16.9 Å². The van der Waals surface area contributed by atoms with E-state index in [2.05, 4.69) is 4.72 Å². The molecule has 2 N–H and O–H groups in total. The number of sulfonamides is 1. The number of aryl methyl sites for hydroxylation is 2. The smallest absolute Gasteiger partial charge is 0.322 e. The number of aliphatic carboxylic acids is 1. The lowest BCUT2D eigenvalue weighted by atomic mass is 10.1. The van der Waals surface area contributed by atoms with Crippen LogP contribution >= 0.6 is 0 Å². The van der Waals surface area contributed by atoms with Crippen LogP contribution in [0.5, 0.6) is 5.75 Å². The fourth-order valence-corrected chi connectivity index (χ4v) is 3.94. The SMILES string of the molecule is COc1cc(C)c(S(=O)(=O)N[C@H](C(=O)O)C(C)C)c(C)c1. The molecule has 0 amide bonds. The Balaban J connectivity index is 3.29. The maximum atomic E-state index is 12.5. The van der Waals surface area contributed by atoms with Gasteiger partial charge in [0.1, 0.15) is 11.8 Å². The van der Waals surface area contributed by atoms with Crippen molar-refractivity contribution in [3.63, 3.8) is 0 Å². The predicted molar refractivity (Wildman–Crippen MR) is 79.1 cm³/mol. The second kappa shape index (κ2) is 6.44. The van der Waals surface area contributed by atoms with Crippen LogP contribution in [-0.4, -0.2) is 32.6 Å². The van der Waals surface area contributed by atoms with Gasteiger partial charge in [-0.2, -0.15) is 4.72 Å². The summed E-state index contributed by atoms with van der Waals surface area (Å²) in [6.45, 7) is 6.59. The van der Waals surface area contributed by atoms with Crippen molar-refractivity contribution in [3.05, 3.63) is 23.3 Å². The molecule has 1 aromatic carbocycles. The van der Waals surface area contributed by atoms with Crippen LogP contribution in [-0.2, 0) is 14.8 Å². The Labute approximate surface area is 125 Å². The zero-order valence-electron chi connectivity index (χ0n) is 12.8. The molecule has 0 radical (unpaired) electrons. The van der Waals surface area contributed by atoms with Gasteiger partial charge >= 0.3 is 5.97 Å². The van der Waals surface area contributed by atoms with E-state index in [1.807, 2.05) is 0 Å². The van der Waals surface area contributed by atoms with Crippen molar-refractivity contribution in [2.75, 3.05) is 7.11 Å². The van der Waals surface area contributed by atoms with Crippen molar-refractivity contribution >= 4 is 16.0 Å². The van der Waals surface area contributed by atoms with Gasteiger partial charge < -0.3 is 9.84 Å². The lowest BCUT2D eigenvalue weighted by molar-refractivity contribution is -0.140. The average molecular weight is 315 g/mol. The highest BCUT2D eigenvalue weighted by Crippen LogP contribution is 2.26. The first-order chi connectivity index (χ1) is 9.60. The number of rotatable bonds is 6. The Morgan fingerprint density at radius 1 is 1.24 bits per heavy atom. The molecule has 0 aliphatic rings. The Hall–Kier alpha value is -1.60. The van der Waals surface area contributed by atoms with Crippen molar-refractivity contribution in [3.8, 4) is 5.75 Å². The number of nitrogens with one attached hydrogen (secondary N) is 1. The quantitative estimate of drug-likeness (QED) is 0.833. The van der Waals surface area contributed by atoms with Gasteiger partial charge in [0.15, 0.2) is 0 Å². The molecular weight excluding hydrogens is 294 g/mol. The molecule has 1 aromatic rings. The highest BCUT2D eigenvalue weighted by molar-refractivity contribution is 7.89. The molecule has 1 atom stereocenters. The van der Waals surface area contributed by atoms with Crippen LogP contribution in [0.2, 0.25) is 0 Å². The highest BCUT2D eigenvalue weighted by Gasteiger charge is 2.30. The van der Waals surface area contributed by atoms with Crippen molar-refractivity contribution in [1.82, 2.24) is 4.72 Å². The molecule has 21 heavy (non-hydrogen) atoms. The Kier molecular flexibility index (Phi) is 5.36. The van der Waals surface area contributed by atoms with Crippen LogP contribution in [0.25, 0.3) is 0 Å². The summed E-state index contributed by atoms with van der Waals surface area (Å²) in [7, 11) is -2.42. The van der Waals surface area contributed by atoms with Crippen LogP contribution in [0.1, 0.15) is 25.0 Å². The van der Waals surface area contributed by atoms with Gasteiger partial charge in [0, 0.05) is 0 Å². The van der Waals surface area contributed by atoms with E-state index in [1.165, 1.54) is 7.11 Å². The lowest BCUT2D eigenvalue weighted by Crippen LogP contribution is -2.44. The number of carboxylic acid groups (broad SMARTS) is 1. The monoisotopic (exact) mass is 315 g/mol. The normalized spacial score (nSPS) is 13.2. The molecule has 7 heteroatoms. The van der Waals surface area contributed by atoms with Crippen LogP contribution in [0.4, 0.5) is 0 Å². The standard InChI is InChI=1S/C14H21NO5S/c1-8(2)12(14(16)17)15-21(18,19)13-9(3)6-11(20-5)7-10(13)4/h6-8,12,15H,1-5H3,(H,16,17)/t12-/m0/s1. The number of hydrogen-bond acceptors (Lipinski definition) is 4. The van der Waals surface area contributed by atoms with Crippen molar-refractivity contribution < 1.29 is 23.1 Å². The number of hydrogen-bond donors (Lipinski definition) is 2. The third kappa shape index (κ3) is 3.95. The van der Waals surface area contributed by atoms with E-state index in [0.717, 1.165) is 0 Å². The first-order valence-electron chi connectivity index (χ1n) is 6.50. The zero-order chi connectivity index (χ0) is 16.4. The Bertz CT molecular complexity index is 614. The summed E-state index contributed by atoms with van der Waals surface area (Å²) < 4.78 is 32.3. The fraction of sp³-hybridized carbons (Fsp3) is 0.500. The number of benzene rings is 1. The van der Waals surface area contributed by atoms with E-state index >= 15 is 0 Å². The fourth-order valence-electron chi connectivity index (χ4n) is 2.15. The van der Waals surface area contributed by atoms with Crippen LogP contribution in [0.15, 0.2) is 17.0 Å². The molecule has 0 aliphatic heterocycles. The van der Waals surface area contributed by atoms with Gasteiger partial charge in [-0.15, -0.1) is 0 Å². The number of ether oxygens (including phenoxy) is 1. The largest absolute Gasteiger partial charge is 0.497 e. The van der Waals surface area contributed by atoms with E-state index in [4.69, 9.17) is 9.84 Å². The summed E-state index contributed by atoms with van der Waals surface area (Å²) in [6, 6.07) is 2.04. The summed E-state index contributed by atoms with van der Waals surface area (Å²) in [6.07, 6.45) is 0. The first kappa shape index (κ1) is 17.5. The maximum Gasteiger partial charge on any atom is 0.322 e. The molecule has 0 aliphatic carbocycles. The molecule has 0 bridgehead atoms. The van der Waals surface area contributed by atoms with Gasteiger partial charge in [-0.1, -0.05) is 13.8 Å². The van der Waals surface area contributed by atoms with E-state index in [-0.39, 0.29) is 10.8 Å². The summed E-state index contributed by atoms with van der Waals surface area (Å²) in [5.74, 6) is -1.00. The van der Waals surface area contributed by atoms with E-state index in [9.17, 15) is 13.2 Å². The van der Waals surface area contributed by atoms with Crippen LogP contribution < -0.4 is 9.46 Å². The highest BCUT2D eigenvalue weighted by atomic mass is 32.2. The topological polar surface area (TPSA) is 92.7 Å². The maximum absolute atomic E-state index is 12.5. The number of methoxy groups -OCH3 is 1. The minimum Gasteiger partial charge on any atom is -0.497 e. The van der Waals surface area contributed by atoms with Crippen molar-refractivity contribution in [2.24, 2.45) is 5.92 Å². The summed E-state index contributed by atoms with van der Waals surface area (Å²) >= 11 is 0. The average Bonchev–Trinajstić information content (AvgIpc) is 2.33. The van der Waals surface area contributed by atoms with Crippen LogP contribution in [0.3, 0.4) is 0 Å². The van der Waals surface area contributed by atoms with Crippen molar-refractivity contribution in [2.45, 2.75) is 38.6 Å². The van der Waals surface area contributed by atoms with Gasteiger partial charge in [-0.05, 0) is 43.0 Å². The molecule has 6 nitrogen and oxygen atoms in total. The molecule has 0 saturated carbocycles. The molecule has 0 spiro atoms. The molecule has 0 saturated heterocycles. The molecule has 0 heterocycles. The van der Waals surface area contributed by atoms with Gasteiger partial charge in [0.2, 0.25) is 10.0 Å². The van der Waals surface area contributed by atoms with Gasteiger partial charge in [-0.25, -0.2) is 8.42 Å². The molecule has 0 fully saturated rings. The lowest BCUT2D eigenvalue weighted by Gasteiger charge is -2.20. The van der Waals surface area contributed by atoms with Crippen molar-refractivity contribution in [1.29, 1.82) is 0 Å². The summed E-state index contributed by atoms with van der Waals surface area (Å²) in [4.78, 5) is 11.3. The third-order valence-electron chi connectivity index (χ3n) is 3.15. The third-order valence-corrected chi connectivity index (χ3v) is 4.90. The molecule has 0 aromatic heterocycles. The van der Waals surface area contributed by atoms with E-state index < -0.39 is 22.0 Å². The van der Waals surface area contributed by atoms with Gasteiger partial charge in [-0.3, -0.25) is 4.79 Å². The zero-order valence-corrected chi connectivity index (χ0v) is 13.6. The summed E-state index contributed by atoms with van der Waals surface area (Å²) in [5, 5.41) is 9.13. The number of carbonyl (C=O) groups is 1. The van der Waals surface area contributed by atoms with E-state index in [1.54, 1.807) is 39.8 Å². The Morgan fingerprint density at radius 3 is 2.05 bits per heavy atom. The first-order valence-corrected chi connectivity index (χ1v) is 7.98. The minimum atomic E-state index is -3.92. The van der Waals surface area contributed by atoms with Gasteiger partial charge in [0.25, 0.3) is 0 Å². The number of carboxylic acids is 1.